The molecule has 0 heterocycles. The quantitative estimate of drug-likeness (QED) is 0.735. The van der Waals surface area contributed by atoms with Crippen LogP contribution in [-0.4, -0.2) is 19.3 Å². The number of hydrogen-bond acceptors (Lipinski definition) is 2. The minimum atomic E-state index is -0.272. The molecule has 1 aromatic carbocycles. The number of carbonyl (C=O) groups is 1. The summed E-state index contributed by atoms with van der Waals surface area (Å²) < 4.78 is 0. The molecule has 0 fully saturated rings. The van der Waals surface area contributed by atoms with Crippen LogP contribution >= 0.6 is 11.6 Å². The van der Waals surface area contributed by atoms with Gasteiger partial charge in [-0.05, 0) is 35.7 Å². The van der Waals surface area contributed by atoms with Crippen molar-refractivity contribution in [1.29, 1.82) is 0 Å². The zero-order chi connectivity index (χ0) is 11.4. The van der Waals surface area contributed by atoms with Gasteiger partial charge in [0, 0.05) is 25.7 Å². The van der Waals surface area contributed by atoms with E-state index in [4.69, 9.17) is 11.6 Å². The van der Waals surface area contributed by atoms with Gasteiger partial charge >= 0.3 is 0 Å². The number of halogens is 1. The molecule has 0 saturated carbocycles. The first-order valence-corrected chi connectivity index (χ1v) is 5.34. The highest BCUT2D eigenvalue weighted by molar-refractivity contribution is 6.63. The van der Waals surface area contributed by atoms with Gasteiger partial charge < -0.3 is 4.90 Å². The summed E-state index contributed by atoms with van der Waals surface area (Å²) in [5.41, 5.74) is 2.30. The molecule has 0 aliphatic heterocycles. The van der Waals surface area contributed by atoms with Gasteiger partial charge in [-0.25, -0.2) is 0 Å². The standard InChI is InChI=1S/C12H16ClNO/c1-9(12(13)15)8-10-4-6-11(7-5-10)14(2)3/h4-7,9H,8H2,1-3H3. The van der Waals surface area contributed by atoms with E-state index in [1.54, 1.807) is 0 Å². The highest BCUT2D eigenvalue weighted by atomic mass is 35.5. The maximum Gasteiger partial charge on any atom is 0.224 e. The predicted molar refractivity (Wildman–Crippen MR) is 64.5 cm³/mol. The summed E-state index contributed by atoms with van der Waals surface area (Å²) in [6.07, 6.45) is 0.704. The third-order valence-electron chi connectivity index (χ3n) is 2.38. The van der Waals surface area contributed by atoms with E-state index >= 15 is 0 Å². The summed E-state index contributed by atoms with van der Waals surface area (Å²) in [5, 5.41) is -0.272. The number of anilines is 1. The molecule has 0 bridgehead atoms. The Morgan fingerprint density at radius 3 is 2.27 bits per heavy atom. The molecule has 1 unspecified atom stereocenters. The van der Waals surface area contributed by atoms with Gasteiger partial charge in [-0.2, -0.15) is 0 Å². The van der Waals surface area contributed by atoms with Gasteiger partial charge in [0.05, 0.1) is 0 Å². The Hall–Kier alpha value is -1.02. The van der Waals surface area contributed by atoms with E-state index in [1.165, 1.54) is 0 Å². The summed E-state index contributed by atoms with van der Waals surface area (Å²) >= 11 is 5.41. The van der Waals surface area contributed by atoms with Crippen LogP contribution in [0.3, 0.4) is 0 Å². The molecule has 0 aromatic heterocycles. The molecule has 0 aliphatic rings. The van der Waals surface area contributed by atoms with Gasteiger partial charge in [0.25, 0.3) is 0 Å². The van der Waals surface area contributed by atoms with Gasteiger partial charge in [0.1, 0.15) is 0 Å². The molecule has 0 N–H and O–H groups in total. The molecule has 1 aromatic rings. The smallest absolute Gasteiger partial charge is 0.224 e. The Morgan fingerprint density at radius 1 is 1.33 bits per heavy atom. The second-order valence-electron chi connectivity index (χ2n) is 3.97. The number of carbonyl (C=O) groups excluding carboxylic acids is 1. The first-order valence-electron chi connectivity index (χ1n) is 4.96. The van der Waals surface area contributed by atoms with E-state index < -0.39 is 0 Å². The lowest BCUT2D eigenvalue weighted by Gasteiger charge is -2.13. The average molecular weight is 226 g/mol. The first-order chi connectivity index (χ1) is 7.00. The van der Waals surface area contributed by atoms with Crippen molar-refractivity contribution < 1.29 is 4.79 Å². The third-order valence-corrected chi connectivity index (χ3v) is 2.75. The lowest BCUT2D eigenvalue weighted by Crippen LogP contribution is -2.09. The van der Waals surface area contributed by atoms with E-state index in [1.807, 2.05) is 50.2 Å². The summed E-state index contributed by atoms with van der Waals surface area (Å²) in [5.74, 6) is -0.114. The van der Waals surface area contributed by atoms with Crippen LogP contribution in [0.25, 0.3) is 0 Å². The normalized spacial score (nSPS) is 12.3. The number of nitrogens with zero attached hydrogens (tertiary/aromatic N) is 1. The maximum atomic E-state index is 10.9. The number of rotatable bonds is 4. The summed E-state index contributed by atoms with van der Waals surface area (Å²) in [6.45, 7) is 1.84. The molecular weight excluding hydrogens is 210 g/mol. The monoisotopic (exact) mass is 225 g/mol. The van der Waals surface area contributed by atoms with Crippen LogP contribution in [0.4, 0.5) is 5.69 Å². The third kappa shape index (κ3) is 3.56. The van der Waals surface area contributed by atoms with Crippen molar-refractivity contribution in [2.45, 2.75) is 13.3 Å². The summed E-state index contributed by atoms with van der Waals surface area (Å²) in [4.78, 5) is 12.9. The van der Waals surface area contributed by atoms with E-state index in [9.17, 15) is 4.79 Å². The van der Waals surface area contributed by atoms with Crippen LogP contribution in [0.15, 0.2) is 24.3 Å². The number of benzene rings is 1. The SMILES string of the molecule is CC(Cc1ccc(N(C)C)cc1)C(=O)Cl. The van der Waals surface area contributed by atoms with Gasteiger partial charge in [0.15, 0.2) is 0 Å². The Morgan fingerprint density at radius 2 is 1.87 bits per heavy atom. The van der Waals surface area contributed by atoms with Crippen molar-refractivity contribution >= 4 is 22.5 Å². The van der Waals surface area contributed by atoms with Crippen molar-refractivity contribution in [3.63, 3.8) is 0 Å². The topological polar surface area (TPSA) is 20.3 Å². The van der Waals surface area contributed by atoms with Gasteiger partial charge in [-0.15, -0.1) is 0 Å². The minimum Gasteiger partial charge on any atom is -0.378 e. The van der Waals surface area contributed by atoms with Gasteiger partial charge in [0.2, 0.25) is 5.24 Å². The Labute approximate surface area is 95.8 Å². The molecule has 0 amide bonds. The molecule has 1 atom stereocenters. The summed E-state index contributed by atoms with van der Waals surface area (Å²) in [7, 11) is 4.00. The van der Waals surface area contributed by atoms with E-state index in [2.05, 4.69) is 0 Å². The van der Waals surface area contributed by atoms with Crippen LogP contribution in [0.2, 0.25) is 0 Å². The van der Waals surface area contributed by atoms with E-state index in [-0.39, 0.29) is 11.2 Å². The van der Waals surface area contributed by atoms with Crippen molar-refractivity contribution in [3.8, 4) is 0 Å². The van der Waals surface area contributed by atoms with Crippen LogP contribution < -0.4 is 4.90 Å². The van der Waals surface area contributed by atoms with Crippen molar-refractivity contribution in [2.24, 2.45) is 5.92 Å². The average Bonchev–Trinajstić information content (AvgIpc) is 2.18. The largest absolute Gasteiger partial charge is 0.378 e. The molecule has 0 aliphatic carbocycles. The zero-order valence-electron chi connectivity index (χ0n) is 9.33. The molecule has 2 nitrogen and oxygen atoms in total. The molecule has 82 valence electrons. The van der Waals surface area contributed by atoms with E-state index in [0.29, 0.717) is 6.42 Å². The van der Waals surface area contributed by atoms with E-state index in [0.717, 1.165) is 11.3 Å². The van der Waals surface area contributed by atoms with Crippen LogP contribution in [0.5, 0.6) is 0 Å². The van der Waals surface area contributed by atoms with Crippen LogP contribution in [0.1, 0.15) is 12.5 Å². The van der Waals surface area contributed by atoms with Crippen molar-refractivity contribution in [2.75, 3.05) is 19.0 Å². The zero-order valence-corrected chi connectivity index (χ0v) is 10.1. The fraction of sp³-hybridized carbons (Fsp3) is 0.417. The van der Waals surface area contributed by atoms with Gasteiger partial charge in [-0.3, -0.25) is 4.79 Å². The molecular formula is C12H16ClNO. The Balaban J connectivity index is 2.68. The fourth-order valence-corrected chi connectivity index (χ4v) is 1.44. The first kappa shape index (κ1) is 12.1. The molecule has 15 heavy (non-hydrogen) atoms. The minimum absolute atomic E-state index is 0.114. The lowest BCUT2D eigenvalue weighted by molar-refractivity contribution is -0.114. The van der Waals surface area contributed by atoms with Crippen molar-refractivity contribution in [1.82, 2.24) is 0 Å². The second-order valence-corrected chi connectivity index (χ2v) is 4.34. The van der Waals surface area contributed by atoms with Gasteiger partial charge in [-0.1, -0.05) is 19.1 Å². The maximum absolute atomic E-state index is 10.9. The molecule has 1 rings (SSSR count). The predicted octanol–water partition coefficient (Wildman–Crippen LogP) is 2.70. The molecule has 0 spiro atoms. The van der Waals surface area contributed by atoms with Crippen LogP contribution in [-0.2, 0) is 11.2 Å². The van der Waals surface area contributed by atoms with Crippen LogP contribution in [0, 0.1) is 5.92 Å². The Kier molecular flexibility index (Phi) is 4.15. The molecule has 0 radical (unpaired) electrons. The highest BCUT2D eigenvalue weighted by Crippen LogP contribution is 2.16. The second kappa shape index (κ2) is 5.17. The molecule has 3 heteroatoms. The summed E-state index contributed by atoms with van der Waals surface area (Å²) in [6, 6.07) is 8.15. The van der Waals surface area contributed by atoms with Crippen molar-refractivity contribution in [3.05, 3.63) is 29.8 Å². The number of hydrogen-bond donors (Lipinski definition) is 0. The Bertz CT molecular complexity index is 332. The fourth-order valence-electron chi connectivity index (χ4n) is 1.36. The lowest BCUT2D eigenvalue weighted by atomic mass is 10.0. The molecule has 0 saturated heterocycles. The highest BCUT2D eigenvalue weighted by Gasteiger charge is 2.10.